The van der Waals surface area contributed by atoms with Crippen molar-refractivity contribution in [3.63, 3.8) is 0 Å². The molecule has 3 N–H and O–H groups in total. The summed E-state index contributed by atoms with van der Waals surface area (Å²) in [5, 5.41) is 3.22. The Balaban J connectivity index is 1.38. The Hall–Kier alpha value is -4.36. The van der Waals surface area contributed by atoms with E-state index in [0.717, 1.165) is 18.4 Å². The Labute approximate surface area is 225 Å². The zero-order valence-corrected chi connectivity index (χ0v) is 21.2. The Morgan fingerprint density at radius 3 is 2.58 bits per heavy atom. The molecule has 0 spiro atoms. The van der Waals surface area contributed by atoms with Crippen LogP contribution in [-0.4, -0.2) is 16.9 Å². The standard InChI is InChI=1S/C30H26ClN3O4/c31-24-16-26(28(32)33-17-24)38-27(30(36)37-18-19-6-2-1-3-7-19)22-9-5-11-25(15-22)34-29(35)23-10-4-8-21(14-23)20-12-13-20/h1-11,14-17,20,27H,12-13,18H2,(H2,32,33)(H,34,35)/t27-/m1/s1. The molecule has 4 aromatic rings. The van der Waals surface area contributed by atoms with Gasteiger partial charge in [-0.3, -0.25) is 4.79 Å². The molecule has 1 fully saturated rings. The number of benzene rings is 3. The summed E-state index contributed by atoms with van der Waals surface area (Å²) in [4.78, 5) is 30.2. The van der Waals surface area contributed by atoms with Crippen LogP contribution in [0, 0.1) is 0 Å². The van der Waals surface area contributed by atoms with E-state index in [1.807, 2.05) is 42.5 Å². The quantitative estimate of drug-likeness (QED) is 0.247. The van der Waals surface area contributed by atoms with Gasteiger partial charge in [-0.2, -0.15) is 0 Å². The second kappa shape index (κ2) is 11.4. The lowest BCUT2D eigenvalue weighted by Gasteiger charge is -2.20. The average molecular weight is 528 g/mol. The second-order valence-electron chi connectivity index (χ2n) is 9.11. The van der Waals surface area contributed by atoms with Crippen LogP contribution >= 0.6 is 11.6 Å². The number of carbonyl (C=O) groups is 2. The molecule has 1 aromatic heterocycles. The molecule has 1 saturated carbocycles. The SMILES string of the molecule is Nc1ncc(Cl)cc1O[C@@H](C(=O)OCc1ccccc1)c1cccc(NC(=O)c2cccc(C3CC3)c2)c1. The lowest BCUT2D eigenvalue weighted by molar-refractivity contribution is -0.153. The van der Waals surface area contributed by atoms with Gasteiger partial charge in [0, 0.05) is 29.1 Å². The third kappa shape index (κ3) is 6.30. The van der Waals surface area contributed by atoms with Crippen molar-refractivity contribution < 1.29 is 19.1 Å². The van der Waals surface area contributed by atoms with Crippen molar-refractivity contribution in [2.45, 2.75) is 31.5 Å². The number of anilines is 2. The summed E-state index contributed by atoms with van der Waals surface area (Å²) in [5.41, 5.74) is 9.53. The number of esters is 1. The first-order chi connectivity index (χ1) is 18.5. The minimum atomic E-state index is -1.18. The molecule has 5 rings (SSSR count). The zero-order chi connectivity index (χ0) is 26.5. The van der Waals surface area contributed by atoms with Crippen molar-refractivity contribution >= 4 is 35.0 Å². The maximum Gasteiger partial charge on any atom is 0.352 e. The fraction of sp³-hybridized carbons (Fsp3) is 0.167. The molecule has 1 atom stereocenters. The maximum absolute atomic E-state index is 13.3. The molecule has 0 unspecified atom stereocenters. The van der Waals surface area contributed by atoms with Crippen molar-refractivity contribution in [1.82, 2.24) is 4.98 Å². The molecule has 1 aliphatic carbocycles. The smallest absolute Gasteiger partial charge is 0.352 e. The van der Waals surface area contributed by atoms with E-state index >= 15 is 0 Å². The number of rotatable bonds is 9. The van der Waals surface area contributed by atoms with Crippen LogP contribution in [0.3, 0.4) is 0 Å². The van der Waals surface area contributed by atoms with E-state index in [9.17, 15) is 9.59 Å². The van der Waals surface area contributed by atoms with Crippen LogP contribution in [0.1, 0.15) is 51.9 Å². The number of hydrogen-bond donors (Lipinski definition) is 2. The van der Waals surface area contributed by atoms with E-state index in [1.54, 1.807) is 30.3 Å². The third-order valence-corrected chi connectivity index (χ3v) is 6.38. The van der Waals surface area contributed by atoms with Crippen LogP contribution in [0.5, 0.6) is 5.75 Å². The van der Waals surface area contributed by atoms with Gasteiger partial charge < -0.3 is 20.5 Å². The second-order valence-corrected chi connectivity index (χ2v) is 9.54. The van der Waals surface area contributed by atoms with Crippen LogP contribution < -0.4 is 15.8 Å². The highest BCUT2D eigenvalue weighted by molar-refractivity contribution is 6.30. The Morgan fingerprint density at radius 2 is 1.79 bits per heavy atom. The predicted octanol–water partition coefficient (Wildman–Crippen LogP) is 6.31. The third-order valence-electron chi connectivity index (χ3n) is 6.18. The van der Waals surface area contributed by atoms with Gasteiger partial charge in [0.2, 0.25) is 6.10 Å². The van der Waals surface area contributed by atoms with Gasteiger partial charge in [-0.1, -0.05) is 66.2 Å². The minimum absolute atomic E-state index is 0.0660. The number of carbonyl (C=O) groups excluding carboxylic acids is 2. The molecule has 0 radical (unpaired) electrons. The highest BCUT2D eigenvalue weighted by atomic mass is 35.5. The van der Waals surface area contributed by atoms with E-state index < -0.39 is 12.1 Å². The number of nitrogens with one attached hydrogen (secondary N) is 1. The number of hydrogen-bond acceptors (Lipinski definition) is 6. The highest BCUT2D eigenvalue weighted by Crippen LogP contribution is 2.40. The first-order valence-corrected chi connectivity index (χ1v) is 12.6. The van der Waals surface area contributed by atoms with Gasteiger partial charge in [0.25, 0.3) is 5.91 Å². The van der Waals surface area contributed by atoms with Gasteiger partial charge in [-0.15, -0.1) is 0 Å². The van der Waals surface area contributed by atoms with Crippen molar-refractivity contribution in [1.29, 1.82) is 0 Å². The number of amides is 1. The molecular weight excluding hydrogens is 502 g/mol. The fourth-order valence-electron chi connectivity index (χ4n) is 4.04. The van der Waals surface area contributed by atoms with Gasteiger partial charge in [0.15, 0.2) is 11.6 Å². The first-order valence-electron chi connectivity index (χ1n) is 12.3. The van der Waals surface area contributed by atoms with Crippen molar-refractivity contribution in [2.24, 2.45) is 0 Å². The maximum atomic E-state index is 13.3. The summed E-state index contributed by atoms with van der Waals surface area (Å²) in [6, 6.07) is 25.3. The topological polar surface area (TPSA) is 104 Å². The number of halogens is 1. The molecule has 1 aliphatic rings. The molecule has 3 aromatic carbocycles. The average Bonchev–Trinajstić information content (AvgIpc) is 3.79. The van der Waals surface area contributed by atoms with Crippen LogP contribution in [0.25, 0.3) is 0 Å². The number of pyridine rings is 1. The summed E-state index contributed by atoms with van der Waals surface area (Å²) in [7, 11) is 0. The van der Waals surface area contributed by atoms with Crippen LogP contribution in [-0.2, 0) is 16.1 Å². The number of nitrogens with zero attached hydrogens (tertiary/aromatic N) is 1. The summed E-state index contributed by atoms with van der Waals surface area (Å²) >= 11 is 6.08. The van der Waals surface area contributed by atoms with Gasteiger partial charge in [0.1, 0.15) is 6.61 Å². The van der Waals surface area contributed by atoms with Crippen molar-refractivity contribution in [3.8, 4) is 5.75 Å². The Bertz CT molecular complexity index is 1460. The molecule has 38 heavy (non-hydrogen) atoms. The molecular formula is C30H26ClN3O4. The molecule has 192 valence electrons. The largest absolute Gasteiger partial charge is 0.470 e. The summed E-state index contributed by atoms with van der Waals surface area (Å²) in [5.74, 6) is -0.106. The van der Waals surface area contributed by atoms with E-state index in [2.05, 4.69) is 16.4 Å². The normalized spacial score (nSPS) is 13.4. The van der Waals surface area contributed by atoms with Gasteiger partial charge in [0.05, 0.1) is 5.02 Å². The molecule has 7 nitrogen and oxygen atoms in total. The summed E-state index contributed by atoms with van der Waals surface area (Å²) in [6.07, 6.45) is 2.51. The lowest BCUT2D eigenvalue weighted by Crippen LogP contribution is -2.22. The molecule has 1 amide bonds. The monoisotopic (exact) mass is 527 g/mol. The summed E-state index contributed by atoms with van der Waals surface area (Å²) < 4.78 is 11.6. The molecule has 0 aliphatic heterocycles. The van der Waals surface area contributed by atoms with Crippen molar-refractivity contribution in [3.05, 3.63) is 118 Å². The molecule has 0 bridgehead atoms. The lowest BCUT2D eigenvalue weighted by atomic mass is 10.1. The van der Waals surface area contributed by atoms with Gasteiger partial charge in [-0.25, -0.2) is 9.78 Å². The number of nitrogens with two attached hydrogens (primary N) is 1. The van der Waals surface area contributed by atoms with E-state index in [4.69, 9.17) is 26.8 Å². The number of nitrogen functional groups attached to an aromatic ring is 1. The molecule has 1 heterocycles. The van der Waals surface area contributed by atoms with Crippen LogP contribution in [0.15, 0.2) is 91.1 Å². The molecule has 0 saturated heterocycles. The molecule has 8 heteroatoms. The Morgan fingerprint density at radius 1 is 1.00 bits per heavy atom. The zero-order valence-electron chi connectivity index (χ0n) is 20.5. The number of ether oxygens (including phenoxy) is 2. The number of aromatic nitrogens is 1. The van der Waals surface area contributed by atoms with Crippen molar-refractivity contribution in [2.75, 3.05) is 11.1 Å². The highest BCUT2D eigenvalue weighted by Gasteiger charge is 2.27. The van der Waals surface area contributed by atoms with Gasteiger partial charge >= 0.3 is 5.97 Å². The predicted molar refractivity (Wildman–Crippen MR) is 146 cm³/mol. The van der Waals surface area contributed by atoms with Gasteiger partial charge in [-0.05, 0) is 54.2 Å². The summed E-state index contributed by atoms with van der Waals surface area (Å²) in [6.45, 7) is 0.0660. The first kappa shape index (κ1) is 25.3. The Kier molecular flexibility index (Phi) is 7.56. The van der Waals surface area contributed by atoms with E-state index in [1.165, 1.54) is 17.8 Å². The van der Waals surface area contributed by atoms with E-state index in [0.29, 0.717) is 27.8 Å². The van der Waals surface area contributed by atoms with E-state index in [-0.39, 0.29) is 24.1 Å². The fourth-order valence-corrected chi connectivity index (χ4v) is 4.19. The van der Waals surface area contributed by atoms with Crippen LogP contribution in [0.2, 0.25) is 5.02 Å². The van der Waals surface area contributed by atoms with Crippen LogP contribution in [0.4, 0.5) is 11.5 Å². The minimum Gasteiger partial charge on any atom is -0.470 e.